The number of non-ortho nitro benzene ring substituents is 1. The van der Waals surface area contributed by atoms with Gasteiger partial charge in [-0.2, -0.15) is 4.31 Å². The number of nitro groups is 1. The van der Waals surface area contributed by atoms with E-state index in [9.17, 15) is 18.5 Å². The molecule has 1 aromatic heterocycles. The molecule has 3 aromatic rings. The fourth-order valence-electron chi connectivity index (χ4n) is 3.90. The van der Waals surface area contributed by atoms with Crippen LogP contribution in [0.1, 0.15) is 32.0 Å². The van der Waals surface area contributed by atoms with E-state index in [1.807, 2.05) is 11.5 Å². The van der Waals surface area contributed by atoms with E-state index in [1.165, 1.54) is 22.5 Å². The van der Waals surface area contributed by atoms with Crippen LogP contribution in [-0.4, -0.2) is 40.3 Å². The first kappa shape index (κ1) is 22.5. The molecule has 4 rings (SSSR count). The van der Waals surface area contributed by atoms with E-state index in [-0.39, 0.29) is 22.2 Å². The molecule has 1 aliphatic rings. The number of ether oxygens (including phenoxy) is 1. The fraction of sp³-hybridized carbons (Fsp3) is 0.381. The van der Waals surface area contributed by atoms with E-state index in [1.54, 1.807) is 18.2 Å². The summed E-state index contributed by atoms with van der Waals surface area (Å²) >= 11 is 6.11. The van der Waals surface area contributed by atoms with Crippen LogP contribution in [0.5, 0.6) is 5.75 Å². The maximum Gasteiger partial charge on any atom is 0.271 e. The van der Waals surface area contributed by atoms with Crippen molar-refractivity contribution in [1.82, 2.24) is 13.9 Å². The average Bonchev–Trinajstić information content (AvgIpc) is 3.15. The molecule has 32 heavy (non-hydrogen) atoms. The highest BCUT2D eigenvalue weighted by atomic mass is 35.5. The molecule has 0 bridgehead atoms. The zero-order valence-electron chi connectivity index (χ0n) is 17.5. The minimum atomic E-state index is -3.56. The maximum absolute atomic E-state index is 13.0. The smallest absolute Gasteiger partial charge is 0.271 e. The standard InChI is InChI=1S/C21H23ClN4O5S/c1-2-25-19-8-7-16(32(29,30)24-10-4-3-5-11-24)13-18(19)23-21(25)14-31-20-9-6-15(26(27)28)12-17(20)22/h6-9,12-13H,2-5,10-11,14H2,1H3. The van der Waals surface area contributed by atoms with Gasteiger partial charge in [0.25, 0.3) is 5.69 Å². The number of hydrogen-bond donors (Lipinski definition) is 0. The highest BCUT2D eigenvalue weighted by molar-refractivity contribution is 7.89. The highest BCUT2D eigenvalue weighted by Crippen LogP contribution is 2.30. The van der Waals surface area contributed by atoms with Crippen LogP contribution < -0.4 is 4.74 Å². The second-order valence-electron chi connectivity index (χ2n) is 7.55. The Kier molecular flexibility index (Phi) is 6.36. The van der Waals surface area contributed by atoms with E-state index in [4.69, 9.17) is 16.3 Å². The Hall–Kier alpha value is -2.69. The van der Waals surface area contributed by atoms with Crippen molar-refractivity contribution >= 4 is 38.3 Å². The van der Waals surface area contributed by atoms with Gasteiger partial charge in [-0.1, -0.05) is 18.0 Å². The molecule has 0 amide bonds. The number of piperidine rings is 1. The molecule has 2 aromatic carbocycles. The topological polar surface area (TPSA) is 108 Å². The summed E-state index contributed by atoms with van der Waals surface area (Å²) in [6.07, 6.45) is 2.80. The van der Waals surface area contributed by atoms with E-state index in [0.29, 0.717) is 36.7 Å². The second-order valence-corrected chi connectivity index (χ2v) is 9.89. The molecule has 1 fully saturated rings. The summed E-state index contributed by atoms with van der Waals surface area (Å²) in [6, 6.07) is 9.00. The average molecular weight is 479 g/mol. The molecule has 0 unspecified atom stereocenters. The third kappa shape index (κ3) is 4.30. The lowest BCUT2D eigenvalue weighted by Crippen LogP contribution is -2.35. The molecule has 9 nitrogen and oxygen atoms in total. The van der Waals surface area contributed by atoms with Crippen molar-refractivity contribution in [2.45, 2.75) is 44.2 Å². The number of fused-ring (bicyclic) bond motifs is 1. The second kappa shape index (κ2) is 9.05. The predicted molar refractivity (Wildman–Crippen MR) is 120 cm³/mol. The minimum Gasteiger partial charge on any atom is -0.484 e. The van der Waals surface area contributed by atoms with Crippen LogP contribution >= 0.6 is 11.6 Å². The number of hydrogen-bond acceptors (Lipinski definition) is 6. The monoisotopic (exact) mass is 478 g/mol. The third-order valence-electron chi connectivity index (χ3n) is 5.55. The summed E-state index contributed by atoms with van der Waals surface area (Å²) < 4.78 is 35.3. The summed E-state index contributed by atoms with van der Waals surface area (Å²) in [5.74, 6) is 0.907. The zero-order chi connectivity index (χ0) is 22.9. The number of sulfonamides is 1. The Balaban J connectivity index is 1.61. The van der Waals surface area contributed by atoms with Crippen LogP contribution in [0.25, 0.3) is 11.0 Å². The van der Waals surface area contributed by atoms with Gasteiger partial charge in [0.05, 0.1) is 25.9 Å². The quantitative estimate of drug-likeness (QED) is 0.368. The minimum absolute atomic E-state index is 0.0776. The van der Waals surface area contributed by atoms with Crippen LogP contribution in [0.3, 0.4) is 0 Å². The Morgan fingerprint density at radius 1 is 1.16 bits per heavy atom. The van der Waals surface area contributed by atoms with Gasteiger partial charge in [-0.05, 0) is 44.0 Å². The van der Waals surface area contributed by atoms with Crippen LogP contribution in [0, 0.1) is 10.1 Å². The summed E-state index contributed by atoms with van der Waals surface area (Å²) in [5.41, 5.74) is 1.25. The Morgan fingerprint density at radius 3 is 2.56 bits per heavy atom. The SMILES string of the molecule is CCn1c(COc2ccc([N+](=O)[O-])cc2Cl)nc2cc(S(=O)(=O)N3CCCCC3)ccc21. The van der Waals surface area contributed by atoms with Gasteiger partial charge in [0.2, 0.25) is 10.0 Å². The lowest BCUT2D eigenvalue weighted by Gasteiger charge is -2.25. The first-order valence-electron chi connectivity index (χ1n) is 10.4. The van der Waals surface area contributed by atoms with Gasteiger partial charge in [0, 0.05) is 31.8 Å². The summed E-state index contributed by atoms with van der Waals surface area (Å²) in [7, 11) is -3.56. The lowest BCUT2D eigenvalue weighted by atomic mass is 10.2. The van der Waals surface area contributed by atoms with Gasteiger partial charge < -0.3 is 9.30 Å². The van der Waals surface area contributed by atoms with Crippen molar-refractivity contribution in [3.8, 4) is 5.75 Å². The normalized spacial score (nSPS) is 15.2. The Bertz CT molecular complexity index is 1270. The van der Waals surface area contributed by atoms with Crippen LogP contribution in [-0.2, 0) is 23.2 Å². The first-order chi connectivity index (χ1) is 15.3. The fourth-order valence-corrected chi connectivity index (χ4v) is 5.67. The summed E-state index contributed by atoms with van der Waals surface area (Å²) in [6.45, 7) is 3.73. The molecule has 170 valence electrons. The lowest BCUT2D eigenvalue weighted by molar-refractivity contribution is -0.384. The number of halogens is 1. The molecule has 0 atom stereocenters. The number of benzene rings is 2. The largest absolute Gasteiger partial charge is 0.484 e. The Labute approximate surface area is 190 Å². The number of imidazole rings is 1. The molecular weight excluding hydrogens is 456 g/mol. The van der Waals surface area contributed by atoms with Gasteiger partial charge in [-0.25, -0.2) is 13.4 Å². The van der Waals surface area contributed by atoms with E-state index < -0.39 is 14.9 Å². The number of aromatic nitrogens is 2. The molecule has 11 heteroatoms. The Morgan fingerprint density at radius 2 is 1.91 bits per heavy atom. The van der Waals surface area contributed by atoms with Gasteiger partial charge in [0.1, 0.15) is 18.2 Å². The van der Waals surface area contributed by atoms with E-state index in [2.05, 4.69) is 4.98 Å². The van der Waals surface area contributed by atoms with Crippen molar-refractivity contribution in [1.29, 1.82) is 0 Å². The summed E-state index contributed by atoms with van der Waals surface area (Å²) in [4.78, 5) is 15.2. The van der Waals surface area contributed by atoms with Crippen molar-refractivity contribution in [2.75, 3.05) is 13.1 Å². The predicted octanol–water partition coefficient (Wildman–Crippen LogP) is 4.37. The zero-order valence-corrected chi connectivity index (χ0v) is 19.1. The highest BCUT2D eigenvalue weighted by Gasteiger charge is 2.26. The van der Waals surface area contributed by atoms with Crippen molar-refractivity contribution in [3.63, 3.8) is 0 Å². The molecular formula is C21H23ClN4O5S. The van der Waals surface area contributed by atoms with Crippen LogP contribution in [0.4, 0.5) is 5.69 Å². The molecule has 1 aliphatic heterocycles. The number of rotatable bonds is 7. The number of nitro benzene ring substituents is 1. The van der Waals surface area contributed by atoms with E-state index in [0.717, 1.165) is 24.8 Å². The van der Waals surface area contributed by atoms with Crippen molar-refractivity contribution in [2.24, 2.45) is 0 Å². The molecule has 0 aliphatic carbocycles. The molecule has 2 heterocycles. The number of aryl methyl sites for hydroxylation is 1. The van der Waals surface area contributed by atoms with Crippen LogP contribution in [0.2, 0.25) is 5.02 Å². The van der Waals surface area contributed by atoms with Crippen molar-refractivity contribution in [3.05, 3.63) is 57.4 Å². The number of nitrogens with zero attached hydrogens (tertiary/aromatic N) is 4. The maximum atomic E-state index is 13.0. The molecule has 0 N–H and O–H groups in total. The molecule has 0 spiro atoms. The van der Waals surface area contributed by atoms with E-state index >= 15 is 0 Å². The molecule has 1 saturated heterocycles. The van der Waals surface area contributed by atoms with Gasteiger partial charge in [-0.15, -0.1) is 0 Å². The van der Waals surface area contributed by atoms with Gasteiger partial charge in [0.15, 0.2) is 0 Å². The van der Waals surface area contributed by atoms with Gasteiger partial charge in [-0.3, -0.25) is 10.1 Å². The van der Waals surface area contributed by atoms with Crippen molar-refractivity contribution < 1.29 is 18.1 Å². The van der Waals surface area contributed by atoms with Gasteiger partial charge >= 0.3 is 0 Å². The van der Waals surface area contributed by atoms with Crippen LogP contribution in [0.15, 0.2) is 41.3 Å². The third-order valence-corrected chi connectivity index (χ3v) is 7.74. The molecule has 0 radical (unpaired) electrons. The molecule has 0 saturated carbocycles. The first-order valence-corrected chi connectivity index (χ1v) is 12.2. The summed E-state index contributed by atoms with van der Waals surface area (Å²) in [5, 5.41) is 11.0.